The summed E-state index contributed by atoms with van der Waals surface area (Å²) in [5, 5.41) is 0.862. The molecule has 2 aromatic rings. The lowest BCUT2D eigenvalue weighted by molar-refractivity contribution is 1.30. The maximum atomic E-state index is 11.8. The molecule has 0 saturated carbocycles. The molecule has 0 atom stereocenters. The summed E-state index contributed by atoms with van der Waals surface area (Å²) >= 11 is 23.5. The molecule has 88 valence electrons. The van der Waals surface area contributed by atoms with Crippen molar-refractivity contribution in [3.63, 3.8) is 0 Å². The van der Waals surface area contributed by atoms with Crippen LogP contribution in [-0.2, 0) is 0 Å². The second-order valence-corrected chi connectivity index (χ2v) is 4.84. The molecule has 1 N–H and O–H groups in total. The molecule has 1 heterocycles. The molecule has 2 nitrogen and oxygen atoms in total. The van der Waals surface area contributed by atoms with Crippen LogP contribution in [-0.4, -0.2) is 4.98 Å². The van der Waals surface area contributed by atoms with Crippen molar-refractivity contribution in [3.05, 3.63) is 54.8 Å². The highest BCUT2D eigenvalue weighted by atomic mass is 35.5. The fourth-order valence-electron chi connectivity index (χ4n) is 1.39. The summed E-state index contributed by atoms with van der Waals surface area (Å²) in [5.74, 6) is 0. The van der Waals surface area contributed by atoms with E-state index in [1.54, 1.807) is 12.1 Å². The monoisotopic (exact) mass is 307 g/mol. The van der Waals surface area contributed by atoms with Crippen LogP contribution in [0.1, 0.15) is 0 Å². The first-order valence-corrected chi connectivity index (χ1v) is 6.04. The second kappa shape index (κ2) is 4.91. The van der Waals surface area contributed by atoms with E-state index in [0.717, 1.165) is 0 Å². The molecule has 0 bridgehead atoms. The van der Waals surface area contributed by atoms with E-state index >= 15 is 0 Å². The molecule has 0 aliphatic heterocycles. The minimum atomic E-state index is -0.314. The van der Waals surface area contributed by atoms with E-state index < -0.39 is 0 Å². The van der Waals surface area contributed by atoms with Gasteiger partial charge in [0.2, 0.25) is 5.43 Å². The Bertz CT molecular complexity index is 636. The molecule has 0 amide bonds. The Morgan fingerprint density at radius 2 is 1.53 bits per heavy atom. The number of nitrogens with one attached hydrogen (secondary N) is 1. The minimum Gasteiger partial charge on any atom is -0.366 e. The van der Waals surface area contributed by atoms with Gasteiger partial charge in [0.25, 0.3) is 0 Å². The fraction of sp³-hybridized carbons (Fsp3) is 0. The van der Waals surface area contributed by atoms with Gasteiger partial charge in [-0.1, -0.05) is 52.5 Å². The lowest BCUT2D eigenvalue weighted by Crippen LogP contribution is -2.05. The van der Waals surface area contributed by atoms with E-state index in [2.05, 4.69) is 4.98 Å². The summed E-state index contributed by atoms with van der Waals surface area (Å²) in [7, 11) is 0. The maximum absolute atomic E-state index is 11.8. The zero-order valence-electron chi connectivity index (χ0n) is 8.23. The number of aromatic nitrogens is 1. The molecule has 0 radical (unpaired) electrons. The molecule has 0 spiro atoms. The summed E-state index contributed by atoms with van der Waals surface area (Å²) in [5.41, 5.74) is 0.525. The summed E-state index contributed by atoms with van der Waals surface area (Å²) < 4.78 is 0. The average Bonchev–Trinajstić information content (AvgIpc) is 2.31. The van der Waals surface area contributed by atoms with Gasteiger partial charge >= 0.3 is 0 Å². The van der Waals surface area contributed by atoms with E-state index in [9.17, 15) is 4.79 Å². The number of hydrogen-bond acceptors (Lipinski definition) is 1. The standard InChI is InChI=1S/C11H5Cl4NO/c12-7-2-1-5(9(14)10(7)15)6-3-16-4-8(13)11(6)17/h1-4H,(H,16,17). The molecule has 1 aromatic carbocycles. The summed E-state index contributed by atoms with van der Waals surface area (Å²) in [6, 6.07) is 3.20. The van der Waals surface area contributed by atoms with Crippen molar-refractivity contribution in [3.8, 4) is 11.1 Å². The highest BCUT2D eigenvalue weighted by Gasteiger charge is 2.13. The number of halogens is 4. The van der Waals surface area contributed by atoms with Crippen LogP contribution in [0.25, 0.3) is 11.1 Å². The number of H-pyrrole nitrogens is 1. The third-order valence-corrected chi connectivity index (χ3v) is 3.80. The van der Waals surface area contributed by atoms with E-state index in [1.165, 1.54) is 12.4 Å². The Labute approximate surface area is 117 Å². The van der Waals surface area contributed by atoms with Gasteiger partial charge in [-0.25, -0.2) is 0 Å². The Balaban J connectivity index is 2.74. The van der Waals surface area contributed by atoms with Gasteiger partial charge in [-0.15, -0.1) is 0 Å². The molecule has 6 heteroatoms. The molecular formula is C11H5Cl4NO. The van der Waals surface area contributed by atoms with Crippen molar-refractivity contribution in [1.82, 2.24) is 4.98 Å². The van der Waals surface area contributed by atoms with Crippen LogP contribution in [0.4, 0.5) is 0 Å². The van der Waals surface area contributed by atoms with Crippen molar-refractivity contribution < 1.29 is 0 Å². The highest BCUT2D eigenvalue weighted by molar-refractivity contribution is 6.49. The van der Waals surface area contributed by atoms with Gasteiger partial charge in [-0.2, -0.15) is 0 Å². The zero-order chi connectivity index (χ0) is 12.6. The second-order valence-electron chi connectivity index (χ2n) is 3.27. The number of rotatable bonds is 1. The Morgan fingerprint density at radius 3 is 2.24 bits per heavy atom. The van der Waals surface area contributed by atoms with Gasteiger partial charge in [-0.3, -0.25) is 4.79 Å². The third-order valence-electron chi connectivity index (χ3n) is 2.22. The van der Waals surface area contributed by atoms with Gasteiger partial charge in [0.15, 0.2) is 0 Å². The smallest absolute Gasteiger partial charge is 0.207 e. The molecule has 0 fully saturated rings. The molecule has 17 heavy (non-hydrogen) atoms. The van der Waals surface area contributed by atoms with Crippen molar-refractivity contribution in [2.24, 2.45) is 0 Å². The topological polar surface area (TPSA) is 32.9 Å². The molecule has 0 aliphatic rings. The zero-order valence-corrected chi connectivity index (χ0v) is 11.3. The number of pyridine rings is 1. The first kappa shape index (κ1) is 12.8. The lowest BCUT2D eigenvalue weighted by Gasteiger charge is -2.06. The van der Waals surface area contributed by atoms with Crippen molar-refractivity contribution in [2.45, 2.75) is 0 Å². The first-order valence-electron chi connectivity index (χ1n) is 4.53. The molecule has 0 aliphatic carbocycles. The lowest BCUT2D eigenvalue weighted by atomic mass is 10.1. The Morgan fingerprint density at radius 1 is 0.824 bits per heavy atom. The van der Waals surface area contributed by atoms with Crippen LogP contribution < -0.4 is 5.43 Å². The van der Waals surface area contributed by atoms with Crippen LogP contribution in [0.3, 0.4) is 0 Å². The maximum Gasteiger partial charge on any atom is 0.207 e. The van der Waals surface area contributed by atoms with E-state index in [-0.39, 0.29) is 20.5 Å². The SMILES string of the molecule is O=c1c(Cl)c[nH]cc1-c1ccc(Cl)c(Cl)c1Cl. The van der Waals surface area contributed by atoms with Crippen LogP contribution in [0.2, 0.25) is 20.1 Å². The molecular weight excluding hydrogens is 304 g/mol. The van der Waals surface area contributed by atoms with Crippen LogP contribution in [0, 0.1) is 0 Å². The van der Waals surface area contributed by atoms with Crippen molar-refractivity contribution in [1.29, 1.82) is 0 Å². The number of aromatic amines is 1. The summed E-state index contributed by atoms with van der Waals surface area (Å²) in [6.07, 6.45) is 2.92. The normalized spacial score (nSPS) is 10.6. The van der Waals surface area contributed by atoms with Crippen LogP contribution >= 0.6 is 46.4 Å². The largest absolute Gasteiger partial charge is 0.366 e. The van der Waals surface area contributed by atoms with Gasteiger partial charge in [-0.05, 0) is 6.07 Å². The van der Waals surface area contributed by atoms with E-state index in [0.29, 0.717) is 16.1 Å². The molecule has 0 saturated heterocycles. The van der Waals surface area contributed by atoms with Crippen LogP contribution in [0.5, 0.6) is 0 Å². The quantitative estimate of drug-likeness (QED) is 0.764. The molecule has 1 aromatic heterocycles. The van der Waals surface area contributed by atoms with E-state index in [1.807, 2.05) is 0 Å². The summed E-state index contributed by atoms with van der Waals surface area (Å²) in [4.78, 5) is 14.6. The Kier molecular flexibility index (Phi) is 3.69. The minimum absolute atomic E-state index is 0.0876. The van der Waals surface area contributed by atoms with Gasteiger partial charge < -0.3 is 4.98 Å². The van der Waals surface area contributed by atoms with Gasteiger partial charge in [0, 0.05) is 23.5 Å². The number of benzene rings is 1. The molecule has 0 unspecified atom stereocenters. The average molecular weight is 309 g/mol. The Hall–Kier alpha value is -0.670. The van der Waals surface area contributed by atoms with Crippen LogP contribution in [0.15, 0.2) is 29.3 Å². The van der Waals surface area contributed by atoms with Gasteiger partial charge in [0.1, 0.15) is 5.02 Å². The summed E-state index contributed by atoms with van der Waals surface area (Å²) in [6.45, 7) is 0. The number of hydrogen-bond donors (Lipinski definition) is 1. The predicted molar refractivity (Wildman–Crippen MR) is 72.5 cm³/mol. The highest BCUT2D eigenvalue weighted by Crippen LogP contribution is 2.36. The predicted octanol–water partition coefficient (Wildman–Crippen LogP) is 4.66. The van der Waals surface area contributed by atoms with Crippen molar-refractivity contribution >= 4 is 46.4 Å². The molecule has 2 rings (SSSR count). The third kappa shape index (κ3) is 2.31. The van der Waals surface area contributed by atoms with Crippen molar-refractivity contribution in [2.75, 3.05) is 0 Å². The first-order chi connectivity index (χ1) is 8.02. The van der Waals surface area contributed by atoms with Gasteiger partial charge in [0.05, 0.1) is 15.1 Å². The fourth-order valence-corrected chi connectivity index (χ4v) is 2.19. The van der Waals surface area contributed by atoms with E-state index in [4.69, 9.17) is 46.4 Å².